The Bertz CT molecular complexity index is 672. The molecule has 1 amide bonds. The molecule has 0 spiro atoms. The van der Waals surface area contributed by atoms with E-state index in [-0.39, 0.29) is 25.5 Å². The Morgan fingerprint density at radius 1 is 1.39 bits per heavy atom. The smallest absolute Gasteiger partial charge is 0.305 e. The Kier molecular flexibility index (Phi) is 4.68. The predicted octanol–water partition coefficient (Wildman–Crippen LogP) is 1.93. The molecule has 2 aliphatic heterocycles. The minimum atomic E-state index is -0.943. The van der Waals surface area contributed by atoms with Crippen LogP contribution in [0.2, 0.25) is 0 Å². The molecule has 0 radical (unpaired) electrons. The maximum atomic E-state index is 12.8. The van der Waals surface area contributed by atoms with Gasteiger partial charge >= 0.3 is 5.97 Å². The zero-order valence-electron chi connectivity index (χ0n) is 12.3. The molecular formula is C16H16BrNO5. The average Bonchev–Trinajstić information content (AvgIpc) is 2.53. The van der Waals surface area contributed by atoms with E-state index >= 15 is 0 Å². The third kappa shape index (κ3) is 3.56. The zero-order valence-corrected chi connectivity index (χ0v) is 13.9. The molecule has 3 rings (SSSR count). The van der Waals surface area contributed by atoms with Crippen LogP contribution in [0, 0.1) is 0 Å². The van der Waals surface area contributed by atoms with Crippen molar-refractivity contribution in [2.24, 2.45) is 0 Å². The average molecular weight is 382 g/mol. The summed E-state index contributed by atoms with van der Waals surface area (Å²) in [6.45, 7) is 1.23. The number of fused-ring (bicyclic) bond motifs is 1. The van der Waals surface area contributed by atoms with Crippen molar-refractivity contribution in [2.75, 3.05) is 26.4 Å². The second-order valence-corrected chi connectivity index (χ2v) is 6.38. The van der Waals surface area contributed by atoms with Crippen LogP contribution in [0.5, 0.6) is 5.75 Å². The van der Waals surface area contributed by atoms with Crippen LogP contribution in [0.4, 0.5) is 0 Å². The van der Waals surface area contributed by atoms with E-state index in [2.05, 4.69) is 15.9 Å². The van der Waals surface area contributed by atoms with Gasteiger partial charge in [0.05, 0.1) is 31.2 Å². The van der Waals surface area contributed by atoms with Gasteiger partial charge in [0.15, 0.2) is 0 Å². The van der Waals surface area contributed by atoms with Crippen LogP contribution in [0.3, 0.4) is 0 Å². The van der Waals surface area contributed by atoms with E-state index in [4.69, 9.17) is 14.6 Å². The number of carbonyl (C=O) groups is 2. The number of hydrogen-bond donors (Lipinski definition) is 1. The summed E-state index contributed by atoms with van der Waals surface area (Å²) >= 11 is 3.40. The molecule has 2 aliphatic rings. The van der Waals surface area contributed by atoms with E-state index in [1.165, 1.54) is 0 Å². The van der Waals surface area contributed by atoms with Crippen LogP contribution >= 0.6 is 15.9 Å². The van der Waals surface area contributed by atoms with Gasteiger partial charge in [0.1, 0.15) is 12.4 Å². The molecule has 122 valence electrons. The largest absolute Gasteiger partial charge is 0.488 e. The van der Waals surface area contributed by atoms with Crippen molar-refractivity contribution in [3.05, 3.63) is 33.8 Å². The molecule has 1 unspecified atom stereocenters. The summed E-state index contributed by atoms with van der Waals surface area (Å²) < 4.78 is 11.8. The van der Waals surface area contributed by atoms with Crippen LogP contribution in [0.25, 0.3) is 6.08 Å². The first-order valence-electron chi connectivity index (χ1n) is 7.28. The summed E-state index contributed by atoms with van der Waals surface area (Å²) in [6.07, 6.45) is 1.68. The molecule has 1 saturated heterocycles. The molecule has 23 heavy (non-hydrogen) atoms. The fourth-order valence-electron chi connectivity index (χ4n) is 2.75. The third-order valence-electron chi connectivity index (χ3n) is 3.86. The van der Waals surface area contributed by atoms with E-state index in [9.17, 15) is 9.59 Å². The molecule has 1 aromatic carbocycles. The summed E-state index contributed by atoms with van der Waals surface area (Å²) in [6, 6.07) is 5.16. The Morgan fingerprint density at radius 3 is 3.00 bits per heavy atom. The number of amides is 1. The first-order chi connectivity index (χ1) is 11.0. The second-order valence-electron chi connectivity index (χ2n) is 5.47. The van der Waals surface area contributed by atoms with Gasteiger partial charge in [0.2, 0.25) is 0 Å². The summed E-state index contributed by atoms with van der Waals surface area (Å²) in [5.74, 6) is -0.402. The lowest BCUT2D eigenvalue weighted by molar-refractivity contribution is -0.144. The molecule has 2 heterocycles. The van der Waals surface area contributed by atoms with E-state index in [0.29, 0.717) is 18.7 Å². The van der Waals surface area contributed by atoms with Gasteiger partial charge in [0.25, 0.3) is 5.91 Å². The number of carboxylic acids is 1. The highest BCUT2D eigenvalue weighted by Crippen LogP contribution is 2.30. The number of hydrogen-bond acceptors (Lipinski definition) is 4. The van der Waals surface area contributed by atoms with Crippen molar-refractivity contribution in [1.82, 2.24) is 4.90 Å². The number of nitrogens with zero attached hydrogens (tertiary/aromatic N) is 1. The van der Waals surface area contributed by atoms with Crippen LogP contribution in [0.15, 0.2) is 28.2 Å². The lowest BCUT2D eigenvalue weighted by Gasteiger charge is -2.35. The second kappa shape index (κ2) is 6.72. The number of aliphatic carboxylic acids is 1. The Hall–Kier alpha value is -1.86. The van der Waals surface area contributed by atoms with Crippen LogP contribution in [-0.4, -0.2) is 54.3 Å². The maximum absolute atomic E-state index is 12.8. The maximum Gasteiger partial charge on any atom is 0.305 e. The number of halogens is 1. The molecule has 1 aromatic rings. The fourth-order valence-corrected chi connectivity index (χ4v) is 3.13. The molecule has 0 saturated carbocycles. The fraction of sp³-hybridized carbons (Fsp3) is 0.375. The van der Waals surface area contributed by atoms with Crippen molar-refractivity contribution in [2.45, 2.75) is 12.5 Å². The highest BCUT2D eigenvalue weighted by molar-refractivity contribution is 9.10. The Labute approximate surface area is 141 Å². The highest BCUT2D eigenvalue weighted by atomic mass is 79.9. The highest BCUT2D eigenvalue weighted by Gasteiger charge is 2.31. The molecular weight excluding hydrogens is 366 g/mol. The van der Waals surface area contributed by atoms with E-state index < -0.39 is 12.0 Å². The van der Waals surface area contributed by atoms with Gasteiger partial charge in [-0.15, -0.1) is 0 Å². The first kappa shape index (κ1) is 16.0. The summed E-state index contributed by atoms with van der Waals surface area (Å²) in [5.41, 5.74) is 1.35. The van der Waals surface area contributed by atoms with Crippen LogP contribution in [0.1, 0.15) is 12.0 Å². The number of benzene rings is 1. The van der Waals surface area contributed by atoms with E-state index in [1.807, 2.05) is 18.2 Å². The van der Waals surface area contributed by atoms with Crippen LogP contribution < -0.4 is 4.74 Å². The molecule has 7 heteroatoms. The Balaban J connectivity index is 1.83. The van der Waals surface area contributed by atoms with E-state index in [0.717, 1.165) is 15.8 Å². The quantitative estimate of drug-likeness (QED) is 0.865. The lowest BCUT2D eigenvalue weighted by atomic mass is 10.0. The molecule has 1 fully saturated rings. The number of ether oxygens (including phenoxy) is 2. The topological polar surface area (TPSA) is 76.1 Å². The zero-order chi connectivity index (χ0) is 16.4. The SMILES string of the molecule is O=C(O)CC1COCCN1C(=O)C1=Cc2cc(Br)ccc2OC1. The van der Waals surface area contributed by atoms with Gasteiger partial charge in [-0.1, -0.05) is 15.9 Å². The first-order valence-corrected chi connectivity index (χ1v) is 8.07. The third-order valence-corrected chi connectivity index (χ3v) is 4.35. The molecule has 1 atom stereocenters. The van der Waals surface area contributed by atoms with Crippen molar-refractivity contribution in [3.63, 3.8) is 0 Å². The Morgan fingerprint density at radius 2 is 2.22 bits per heavy atom. The summed E-state index contributed by atoms with van der Waals surface area (Å²) in [5, 5.41) is 9.00. The van der Waals surface area contributed by atoms with Crippen molar-refractivity contribution < 1.29 is 24.2 Å². The van der Waals surface area contributed by atoms with E-state index in [1.54, 1.807) is 11.0 Å². The van der Waals surface area contributed by atoms with Crippen molar-refractivity contribution in [1.29, 1.82) is 0 Å². The monoisotopic (exact) mass is 381 g/mol. The number of carbonyl (C=O) groups excluding carboxylic acids is 1. The molecule has 1 N–H and O–H groups in total. The minimum absolute atomic E-state index is 0.123. The summed E-state index contributed by atoms with van der Waals surface area (Å²) in [7, 11) is 0. The van der Waals surface area contributed by atoms with Crippen LogP contribution in [-0.2, 0) is 14.3 Å². The lowest BCUT2D eigenvalue weighted by Crippen LogP contribution is -2.50. The normalized spacial score (nSPS) is 20.3. The van der Waals surface area contributed by atoms with Gasteiger partial charge in [-0.2, -0.15) is 0 Å². The number of carboxylic acid groups (broad SMARTS) is 1. The predicted molar refractivity (Wildman–Crippen MR) is 86.2 cm³/mol. The molecule has 0 aromatic heterocycles. The van der Waals surface area contributed by atoms with Gasteiger partial charge in [-0.25, -0.2) is 0 Å². The number of rotatable bonds is 3. The van der Waals surface area contributed by atoms with Crippen molar-refractivity contribution in [3.8, 4) is 5.75 Å². The van der Waals surface area contributed by atoms with Gasteiger partial charge in [-0.3, -0.25) is 9.59 Å². The molecule has 0 aliphatic carbocycles. The number of morpholine rings is 1. The van der Waals surface area contributed by atoms with Gasteiger partial charge in [0, 0.05) is 16.6 Å². The van der Waals surface area contributed by atoms with Gasteiger partial charge < -0.3 is 19.5 Å². The summed E-state index contributed by atoms with van der Waals surface area (Å²) in [4.78, 5) is 25.3. The standard InChI is InChI=1S/C16H16BrNO5/c17-12-1-2-14-10(6-12)5-11(8-23-14)16(21)18-3-4-22-9-13(18)7-15(19)20/h1-2,5-6,13H,3-4,7-9H2,(H,19,20). The minimum Gasteiger partial charge on any atom is -0.488 e. The van der Waals surface area contributed by atoms with Gasteiger partial charge in [-0.05, 0) is 24.3 Å². The molecule has 0 bridgehead atoms. The molecule has 6 nitrogen and oxygen atoms in total. The van der Waals surface area contributed by atoms with Crippen molar-refractivity contribution >= 4 is 33.9 Å².